The first-order valence-corrected chi connectivity index (χ1v) is 8.74. The molecular formula is C16H14BrNO2S. The number of para-hydroxylation sites is 1. The maximum absolute atomic E-state index is 12.9. The van der Waals surface area contributed by atoms with Gasteiger partial charge in [-0.05, 0) is 48.0 Å². The van der Waals surface area contributed by atoms with Crippen molar-refractivity contribution in [3.05, 3.63) is 64.3 Å². The van der Waals surface area contributed by atoms with Gasteiger partial charge in [-0.2, -0.15) is 0 Å². The van der Waals surface area contributed by atoms with Crippen LogP contribution in [0.2, 0.25) is 0 Å². The highest BCUT2D eigenvalue weighted by molar-refractivity contribution is 9.10. The van der Waals surface area contributed by atoms with Crippen LogP contribution in [0.25, 0.3) is 10.9 Å². The van der Waals surface area contributed by atoms with Crippen molar-refractivity contribution in [2.24, 2.45) is 0 Å². The van der Waals surface area contributed by atoms with Crippen molar-refractivity contribution in [3.8, 4) is 0 Å². The van der Waals surface area contributed by atoms with E-state index in [0.29, 0.717) is 16.1 Å². The lowest BCUT2D eigenvalue weighted by atomic mass is 10.2. The van der Waals surface area contributed by atoms with E-state index in [4.69, 9.17) is 0 Å². The quantitative estimate of drug-likeness (QED) is 0.682. The molecule has 0 radical (unpaired) electrons. The van der Waals surface area contributed by atoms with E-state index >= 15 is 0 Å². The highest BCUT2D eigenvalue weighted by atomic mass is 79.9. The van der Waals surface area contributed by atoms with Crippen LogP contribution in [0.3, 0.4) is 0 Å². The van der Waals surface area contributed by atoms with Gasteiger partial charge in [0.1, 0.15) is 0 Å². The van der Waals surface area contributed by atoms with E-state index < -0.39 is 10.0 Å². The van der Waals surface area contributed by atoms with Crippen LogP contribution in [0.15, 0.2) is 57.9 Å². The number of hydrogen-bond acceptors (Lipinski definition) is 2. The number of aromatic nitrogens is 1. The van der Waals surface area contributed by atoms with Gasteiger partial charge < -0.3 is 0 Å². The Labute approximate surface area is 132 Å². The molecule has 0 amide bonds. The molecule has 0 saturated carbocycles. The smallest absolute Gasteiger partial charge is 0.237 e. The van der Waals surface area contributed by atoms with Gasteiger partial charge in [0.05, 0.1) is 10.4 Å². The summed E-state index contributed by atoms with van der Waals surface area (Å²) in [6.07, 6.45) is 0. The maximum atomic E-state index is 12.9. The molecule has 0 spiro atoms. The van der Waals surface area contributed by atoms with E-state index in [0.717, 1.165) is 15.4 Å². The van der Waals surface area contributed by atoms with Crippen molar-refractivity contribution in [1.29, 1.82) is 0 Å². The van der Waals surface area contributed by atoms with Gasteiger partial charge in [0.2, 0.25) is 0 Å². The Morgan fingerprint density at radius 3 is 2.24 bits per heavy atom. The highest BCUT2D eigenvalue weighted by Gasteiger charge is 2.23. The first-order valence-electron chi connectivity index (χ1n) is 6.50. The number of nitrogens with zero attached hydrogens (tertiary/aromatic N) is 1. The van der Waals surface area contributed by atoms with E-state index in [9.17, 15) is 8.42 Å². The number of benzene rings is 2. The Balaban J connectivity index is 2.34. The number of rotatable bonds is 2. The lowest BCUT2D eigenvalue weighted by Crippen LogP contribution is -2.14. The molecule has 0 N–H and O–H groups in total. The van der Waals surface area contributed by atoms with E-state index in [1.807, 2.05) is 43.3 Å². The zero-order valence-electron chi connectivity index (χ0n) is 11.7. The van der Waals surface area contributed by atoms with Gasteiger partial charge in [-0.3, -0.25) is 0 Å². The summed E-state index contributed by atoms with van der Waals surface area (Å²) in [7, 11) is -3.61. The third-order valence-corrected chi connectivity index (χ3v) is 6.36. The average molecular weight is 364 g/mol. The molecule has 2 aromatic carbocycles. The Kier molecular flexibility index (Phi) is 3.42. The monoisotopic (exact) mass is 363 g/mol. The number of halogens is 1. The molecule has 1 heterocycles. The fraction of sp³-hybridized carbons (Fsp3) is 0.125. The Morgan fingerprint density at radius 1 is 0.952 bits per heavy atom. The summed E-state index contributed by atoms with van der Waals surface area (Å²) >= 11 is 3.49. The van der Waals surface area contributed by atoms with Gasteiger partial charge in [0.15, 0.2) is 0 Å². The SMILES string of the molecule is Cc1ccc(S(=O)(=O)n2c(C)c(Br)c3ccccc32)cc1. The molecule has 0 aliphatic rings. The third kappa shape index (κ3) is 2.21. The maximum Gasteiger partial charge on any atom is 0.268 e. The van der Waals surface area contributed by atoms with Gasteiger partial charge in [-0.1, -0.05) is 35.9 Å². The zero-order valence-corrected chi connectivity index (χ0v) is 14.1. The molecule has 0 aliphatic carbocycles. The summed E-state index contributed by atoms with van der Waals surface area (Å²) in [5, 5.41) is 0.894. The number of hydrogen-bond donors (Lipinski definition) is 0. The summed E-state index contributed by atoms with van der Waals surface area (Å²) in [6, 6.07) is 14.4. The number of aryl methyl sites for hydroxylation is 1. The van der Waals surface area contributed by atoms with E-state index in [-0.39, 0.29) is 0 Å². The second-order valence-electron chi connectivity index (χ2n) is 5.00. The molecule has 108 valence electrons. The molecule has 0 bridgehead atoms. The number of fused-ring (bicyclic) bond motifs is 1. The zero-order chi connectivity index (χ0) is 15.2. The van der Waals surface area contributed by atoms with Crippen LogP contribution >= 0.6 is 15.9 Å². The van der Waals surface area contributed by atoms with Crippen molar-refractivity contribution in [2.75, 3.05) is 0 Å². The largest absolute Gasteiger partial charge is 0.268 e. The minimum atomic E-state index is -3.61. The van der Waals surface area contributed by atoms with Crippen LogP contribution in [0.5, 0.6) is 0 Å². The van der Waals surface area contributed by atoms with E-state index in [1.54, 1.807) is 19.1 Å². The average Bonchev–Trinajstić information content (AvgIpc) is 2.72. The van der Waals surface area contributed by atoms with Crippen molar-refractivity contribution >= 4 is 36.9 Å². The molecule has 5 heteroatoms. The normalized spacial score (nSPS) is 12.0. The summed E-state index contributed by atoms with van der Waals surface area (Å²) in [5.41, 5.74) is 2.39. The van der Waals surface area contributed by atoms with Crippen molar-refractivity contribution in [2.45, 2.75) is 18.7 Å². The molecule has 21 heavy (non-hydrogen) atoms. The van der Waals surface area contributed by atoms with Crippen LogP contribution in [0.4, 0.5) is 0 Å². The fourth-order valence-corrected chi connectivity index (χ4v) is 4.62. The summed E-state index contributed by atoms with van der Waals surface area (Å²) < 4.78 is 28.1. The van der Waals surface area contributed by atoms with Crippen molar-refractivity contribution < 1.29 is 8.42 Å². The van der Waals surface area contributed by atoms with Crippen LogP contribution in [0, 0.1) is 13.8 Å². The van der Waals surface area contributed by atoms with Gasteiger partial charge in [-0.25, -0.2) is 12.4 Å². The standard InChI is InChI=1S/C16H14BrNO2S/c1-11-7-9-13(10-8-11)21(19,20)18-12(2)16(17)14-5-3-4-6-15(14)18/h3-10H,1-2H3. The van der Waals surface area contributed by atoms with Crippen LogP contribution in [-0.2, 0) is 10.0 Å². The van der Waals surface area contributed by atoms with Crippen LogP contribution in [0.1, 0.15) is 11.3 Å². The summed E-state index contributed by atoms with van der Waals surface area (Å²) in [4.78, 5) is 0.296. The molecule has 0 saturated heterocycles. The first-order chi connectivity index (χ1) is 9.93. The highest BCUT2D eigenvalue weighted by Crippen LogP contribution is 2.33. The summed E-state index contributed by atoms with van der Waals surface area (Å²) in [6.45, 7) is 3.74. The van der Waals surface area contributed by atoms with E-state index in [2.05, 4.69) is 15.9 Å². The first kappa shape index (κ1) is 14.4. The summed E-state index contributed by atoms with van der Waals surface area (Å²) in [5.74, 6) is 0. The molecule has 0 unspecified atom stereocenters. The van der Waals surface area contributed by atoms with Gasteiger partial charge in [0.25, 0.3) is 10.0 Å². The van der Waals surface area contributed by atoms with Gasteiger partial charge in [0, 0.05) is 15.6 Å². The molecule has 1 aromatic heterocycles. The molecular weight excluding hydrogens is 350 g/mol. The van der Waals surface area contributed by atoms with Gasteiger partial charge in [-0.15, -0.1) is 0 Å². The predicted octanol–water partition coefficient (Wildman–Crippen LogP) is 4.26. The molecule has 0 atom stereocenters. The van der Waals surface area contributed by atoms with E-state index in [1.165, 1.54) is 3.97 Å². The topological polar surface area (TPSA) is 39.1 Å². The Bertz CT molecular complexity index is 925. The Morgan fingerprint density at radius 2 is 1.57 bits per heavy atom. The molecule has 3 rings (SSSR count). The molecule has 0 aliphatic heterocycles. The van der Waals surface area contributed by atoms with Crippen molar-refractivity contribution in [1.82, 2.24) is 3.97 Å². The van der Waals surface area contributed by atoms with Gasteiger partial charge >= 0.3 is 0 Å². The second kappa shape index (κ2) is 5.00. The fourth-order valence-electron chi connectivity index (χ4n) is 2.43. The predicted molar refractivity (Wildman–Crippen MR) is 88.1 cm³/mol. The minimum Gasteiger partial charge on any atom is -0.237 e. The molecule has 3 nitrogen and oxygen atoms in total. The Hall–Kier alpha value is -1.59. The minimum absolute atomic E-state index is 0.296. The van der Waals surface area contributed by atoms with Crippen LogP contribution < -0.4 is 0 Å². The second-order valence-corrected chi connectivity index (χ2v) is 7.58. The molecule has 0 fully saturated rings. The third-order valence-electron chi connectivity index (χ3n) is 3.54. The molecule has 3 aromatic rings. The lowest BCUT2D eigenvalue weighted by molar-refractivity contribution is 0.588. The van der Waals surface area contributed by atoms with Crippen molar-refractivity contribution in [3.63, 3.8) is 0 Å². The van der Waals surface area contributed by atoms with Crippen LogP contribution in [-0.4, -0.2) is 12.4 Å². The lowest BCUT2D eigenvalue weighted by Gasteiger charge is -2.10.